The van der Waals surface area contributed by atoms with E-state index in [2.05, 4.69) is 4.98 Å². The first kappa shape index (κ1) is 17.5. The minimum Gasteiger partial charge on any atom is -0.330 e. The highest BCUT2D eigenvalue weighted by atomic mass is 35.5. The van der Waals surface area contributed by atoms with Crippen LogP contribution in [0.15, 0.2) is 35.1 Å². The van der Waals surface area contributed by atoms with Crippen LogP contribution < -0.4 is 5.56 Å². The van der Waals surface area contributed by atoms with E-state index in [1.54, 1.807) is 0 Å². The lowest BCUT2D eigenvalue weighted by molar-refractivity contribution is 0.0953. The lowest BCUT2D eigenvalue weighted by atomic mass is 10.2. The van der Waals surface area contributed by atoms with Crippen molar-refractivity contribution in [1.29, 1.82) is 0 Å². The highest BCUT2D eigenvalue weighted by Gasteiger charge is 2.17. The molecule has 1 heterocycles. The van der Waals surface area contributed by atoms with E-state index in [1.165, 1.54) is 30.3 Å². The van der Waals surface area contributed by atoms with E-state index in [0.717, 1.165) is 4.57 Å². The molecule has 4 nitrogen and oxygen atoms in total. The molecule has 122 valence electrons. The summed E-state index contributed by atoms with van der Waals surface area (Å²) in [6, 6.07) is 7.16. The Labute approximate surface area is 160 Å². The SMILES string of the molecule is O=C(c1ccc(Cl)c(Cl)c1)n1c(=S)[nH]c2c(Cl)cc(Cl)cc2c1=O. The standard InChI is InChI=1S/C15H6Cl4N2O2S/c16-7-4-8-12(11(19)5-7)20-15(24)21(14(8)23)13(22)6-1-2-9(17)10(18)3-6/h1-5H,(H,20,24). The number of carbonyl (C=O) groups is 1. The van der Waals surface area contributed by atoms with Gasteiger partial charge < -0.3 is 4.98 Å². The minimum atomic E-state index is -0.641. The molecule has 2 aromatic carbocycles. The Morgan fingerprint density at radius 3 is 2.38 bits per heavy atom. The Bertz CT molecular complexity index is 1120. The predicted octanol–water partition coefficient (Wildman–Crippen LogP) is 5.36. The van der Waals surface area contributed by atoms with Crippen molar-refractivity contribution >= 4 is 75.4 Å². The van der Waals surface area contributed by atoms with Gasteiger partial charge in [-0.2, -0.15) is 0 Å². The summed E-state index contributed by atoms with van der Waals surface area (Å²) in [5.74, 6) is -0.641. The Hall–Kier alpha value is -1.37. The summed E-state index contributed by atoms with van der Waals surface area (Å²) in [7, 11) is 0. The quantitative estimate of drug-likeness (QED) is 0.540. The van der Waals surface area contributed by atoms with Gasteiger partial charge in [-0.25, -0.2) is 4.57 Å². The van der Waals surface area contributed by atoms with E-state index >= 15 is 0 Å². The van der Waals surface area contributed by atoms with Gasteiger partial charge in [0, 0.05) is 10.6 Å². The summed E-state index contributed by atoms with van der Waals surface area (Å²) in [4.78, 5) is 28.2. The van der Waals surface area contributed by atoms with Gasteiger partial charge in [-0.15, -0.1) is 0 Å². The number of hydrogen-bond donors (Lipinski definition) is 1. The van der Waals surface area contributed by atoms with Crippen LogP contribution in [-0.2, 0) is 0 Å². The average molecular weight is 420 g/mol. The van der Waals surface area contributed by atoms with Crippen LogP contribution in [0.5, 0.6) is 0 Å². The molecule has 0 amide bonds. The van der Waals surface area contributed by atoms with Gasteiger partial charge in [-0.1, -0.05) is 46.4 Å². The van der Waals surface area contributed by atoms with Crippen molar-refractivity contribution in [2.45, 2.75) is 0 Å². The number of nitrogens with one attached hydrogen (secondary N) is 1. The van der Waals surface area contributed by atoms with Crippen molar-refractivity contribution < 1.29 is 4.79 Å². The third kappa shape index (κ3) is 2.98. The zero-order valence-corrected chi connectivity index (χ0v) is 15.4. The predicted molar refractivity (Wildman–Crippen MR) is 99.6 cm³/mol. The molecule has 0 fully saturated rings. The van der Waals surface area contributed by atoms with Gasteiger partial charge in [0.1, 0.15) is 0 Å². The van der Waals surface area contributed by atoms with Crippen molar-refractivity contribution in [3.63, 3.8) is 0 Å². The normalized spacial score (nSPS) is 11.0. The number of carbonyl (C=O) groups excluding carboxylic acids is 1. The number of aromatic nitrogens is 2. The molecule has 9 heteroatoms. The van der Waals surface area contributed by atoms with Crippen molar-refractivity contribution in [1.82, 2.24) is 9.55 Å². The summed E-state index contributed by atoms with van der Waals surface area (Å²) in [6.07, 6.45) is 0. The van der Waals surface area contributed by atoms with E-state index in [4.69, 9.17) is 58.6 Å². The summed E-state index contributed by atoms with van der Waals surface area (Å²) in [6.45, 7) is 0. The molecule has 0 spiro atoms. The van der Waals surface area contributed by atoms with E-state index in [-0.39, 0.29) is 30.8 Å². The zero-order chi connectivity index (χ0) is 17.6. The molecule has 0 aliphatic carbocycles. The van der Waals surface area contributed by atoms with Crippen LogP contribution in [0.4, 0.5) is 0 Å². The first-order chi connectivity index (χ1) is 11.3. The molecular formula is C15H6Cl4N2O2S. The average Bonchev–Trinajstić information content (AvgIpc) is 2.51. The molecule has 0 bridgehead atoms. The molecule has 0 atom stereocenters. The van der Waals surface area contributed by atoms with E-state index in [1.807, 2.05) is 0 Å². The van der Waals surface area contributed by atoms with Crippen LogP contribution in [0.3, 0.4) is 0 Å². The highest BCUT2D eigenvalue weighted by Crippen LogP contribution is 2.25. The topological polar surface area (TPSA) is 54.9 Å². The zero-order valence-electron chi connectivity index (χ0n) is 11.6. The minimum absolute atomic E-state index is 0.0900. The van der Waals surface area contributed by atoms with Crippen molar-refractivity contribution in [3.8, 4) is 0 Å². The molecule has 0 saturated heterocycles. The van der Waals surface area contributed by atoms with Gasteiger partial charge >= 0.3 is 0 Å². The molecule has 1 aromatic heterocycles. The monoisotopic (exact) mass is 418 g/mol. The fourth-order valence-corrected chi connectivity index (χ4v) is 3.29. The van der Waals surface area contributed by atoms with Crippen molar-refractivity contribution in [2.75, 3.05) is 0 Å². The fraction of sp³-hybridized carbons (Fsp3) is 0. The smallest absolute Gasteiger partial charge is 0.269 e. The largest absolute Gasteiger partial charge is 0.330 e. The maximum Gasteiger partial charge on any atom is 0.269 e. The lowest BCUT2D eigenvalue weighted by Crippen LogP contribution is -2.29. The van der Waals surface area contributed by atoms with Crippen molar-refractivity contribution in [2.24, 2.45) is 0 Å². The van der Waals surface area contributed by atoms with Crippen LogP contribution in [0.1, 0.15) is 10.4 Å². The highest BCUT2D eigenvalue weighted by molar-refractivity contribution is 7.71. The summed E-state index contributed by atoms with van der Waals surface area (Å²) in [5, 5.41) is 1.13. The molecule has 0 unspecified atom stereocenters. The van der Waals surface area contributed by atoms with E-state index in [0.29, 0.717) is 10.5 Å². The van der Waals surface area contributed by atoms with Crippen LogP contribution >= 0.6 is 58.6 Å². The van der Waals surface area contributed by atoms with Crippen LogP contribution in [-0.4, -0.2) is 15.5 Å². The second kappa shape index (κ2) is 6.50. The molecule has 0 aliphatic heterocycles. The second-order valence-electron chi connectivity index (χ2n) is 4.81. The second-order valence-corrected chi connectivity index (χ2v) is 6.86. The lowest BCUT2D eigenvalue weighted by Gasteiger charge is -2.09. The third-order valence-corrected chi connectivity index (χ3v) is 4.83. The molecule has 3 rings (SSSR count). The molecule has 0 aliphatic rings. The van der Waals surface area contributed by atoms with Crippen LogP contribution in [0.2, 0.25) is 20.1 Å². The Morgan fingerprint density at radius 2 is 1.71 bits per heavy atom. The molecule has 24 heavy (non-hydrogen) atoms. The van der Waals surface area contributed by atoms with E-state index < -0.39 is 11.5 Å². The number of rotatable bonds is 1. The number of benzene rings is 2. The molecule has 3 aromatic rings. The number of halogens is 4. The third-order valence-electron chi connectivity index (χ3n) is 3.29. The summed E-state index contributed by atoms with van der Waals surface area (Å²) in [5.41, 5.74) is -0.151. The maximum atomic E-state index is 12.7. The van der Waals surface area contributed by atoms with Crippen LogP contribution in [0, 0.1) is 4.77 Å². The number of nitrogens with zero attached hydrogens (tertiary/aromatic N) is 1. The first-order valence-corrected chi connectivity index (χ1v) is 8.35. The number of aromatic amines is 1. The van der Waals surface area contributed by atoms with Gasteiger partial charge in [0.25, 0.3) is 11.5 Å². The van der Waals surface area contributed by atoms with Gasteiger partial charge in [0.15, 0.2) is 4.77 Å². The fourth-order valence-electron chi connectivity index (χ4n) is 2.19. The molecular weight excluding hydrogens is 414 g/mol. The number of H-pyrrole nitrogens is 1. The Kier molecular flexibility index (Phi) is 4.73. The van der Waals surface area contributed by atoms with Gasteiger partial charge in [0.2, 0.25) is 0 Å². The molecule has 1 N–H and O–H groups in total. The number of fused-ring (bicyclic) bond motifs is 1. The Balaban J connectivity index is 2.30. The van der Waals surface area contributed by atoms with Gasteiger partial charge in [-0.3, -0.25) is 9.59 Å². The molecule has 0 radical (unpaired) electrons. The first-order valence-electron chi connectivity index (χ1n) is 6.43. The Morgan fingerprint density at radius 1 is 1.00 bits per heavy atom. The maximum absolute atomic E-state index is 12.7. The number of hydrogen-bond acceptors (Lipinski definition) is 3. The molecule has 0 saturated carbocycles. The van der Waals surface area contributed by atoms with Crippen molar-refractivity contribution in [3.05, 3.63) is 71.1 Å². The van der Waals surface area contributed by atoms with Crippen LogP contribution in [0.25, 0.3) is 10.9 Å². The van der Waals surface area contributed by atoms with Gasteiger partial charge in [-0.05, 0) is 42.5 Å². The van der Waals surface area contributed by atoms with E-state index in [9.17, 15) is 9.59 Å². The summed E-state index contributed by atoms with van der Waals surface area (Å²) < 4.78 is 0.733. The summed E-state index contributed by atoms with van der Waals surface area (Å²) >= 11 is 28.9. The van der Waals surface area contributed by atoms with Gasteiger partial charge in [0.05, 0.1) is 26.0 Å².